The molecule has 12 atom stereocenters. The van der Waals surface area contributed by atoms with Crippen LogP contribution < -0.4 is 37.2 Å². The predicted molar refractivity (Wildman–Crippen MR) is 296 cm³/mol. The quantitative estimate of drug-likeness (QED) is 0.0967. The van der Waals surface area contributed by atoms with Gasteiger partial charge in [0.15, 0.2) is 0 Å². The number of piperidine rings is 1. The van der Waals surface area contributed by atoms with Gasteiger partial charge >= 0.3 is 0 Å². The van der Waals surface area contributed by atoms with E-state index in [4.69, 9.17) is 0 Å². The average Bonchev–Trinajstić information content (AvgIpc) is 4.25. The second kappa shape index (κ2) is 26.7. The first kappa shape index (κ1) is 59.4. The van der Waals surface area contributed by atoms with Crippen LogP contribution in [0.1, 0.15) is 124 Å². The van der Waals surface area contributed by atoms with Crippen molar-refractivity contribution in [1.29, 1.82) is 0 Å². The van der Waals surface area contributed by atoms with Gasteiger partial charge in [-0.05, 0) is 113 Å². The molecule has 0 radical (unpaired) electrons. The van der Waals surface area contributed by atoms with Crippen LogP contribution in [0, 0.1) is 40.9 Å². The summed E-state index contributed by atoms with van der Waals surface area (Å²) < 4.78 is 25.0. The Labute approximate surface area is 460 Å². The van der Waals surface area contributed by atoms with Crippen molar-refractivity contribution in [3.63, 3.8) is 0 Å². The number of piperazine rings is 1. The number of rotatable bonds is 18. The molecule has 430 valence electrons. The molecule has 2 saturated carbocycles. The van der Waals surface area contributed by atoms with E-state index in [1.165, 1.54) is 22.0 Å². The van der Waals surface area contributed by atoms with E-state index in [1.54, 1.807) is 11.8 Å². The van der Waals surface area contributed by atoms with E-state index in [0.29, 0.717) is 85.9 Å². The van der Waals surface area contributed by atoms with Crippen molar-refractivity contribution < 1.29 is 42.3 Å². The van der Waals surface area contributed by atoms with E-state index in [2.05, 4.69) is 49.0 Å². The molecule has 8 fully saturated rings. The minimum Gasteiger partial charge on any atom is -0.391 e. The van der Waals surface area contributed by atoms with Crippen molar-refractivity contribution in [2.75, 3.05) is 83.3 Å². The van der Waals surface area contributed by atoms with Crippen LogP contribution in [0.3, 0.4) is 0 Å². The first-order valence-electron chi connectivity index (χ1n) is 28.8. The fraction of sp³-hybridized carbons (Fsp3) is 0.887. The zero-order valence-electron chi connectivity index (χ0n) is 45.9. The van der Waals surface area contributed by atoms with Crippen molar-refractivity contribution in [2.45, 2.75) is 171 Å². The fourth-order valence-corrected chi connectivity index (χ4v) is 17.3. The highest BCUT2D eigenvalue weighted by Gasteiger charge is 2.46. The van der Waals surface area contributed by atoms with Crippen molar-refractivity contribution in [1.82, 2.24) is 56.2 Å². The third kappa shape index (κ3) is 15.8. The van der Waals surface area contributed by atoms with Crippen LogP contribution in [0.4, 0.5) is 0 Å². The second-order valence-electron chi connectivity index (χ2n) is 24.6. The zero-order valence-corrected chi connectivity index (χ0v) is 48.4. The Kier molecular flexibility index (Phi) is 20.8. The summed E-state index contributed by atoms with van der Waals surface area (Å²) in [5, 5.41) is 34.1. The SMILES string of the molecule is CC1NCSC1C1CCC(CNC(=O)[C@@H]2C[C@@H](O)CN2C(=O)[C@@H](NC(=O)CCCC(=O)N2CCN(C3CC(C4CCCC(C5CSC(NC(=O)CNC(=O)C6CCN(S(C)(=O)=O)C6)N5)C4)CCN3)CC2)C(C)(C)C)CC1. The molecule has 9 unspecified atom stereocenters. The van der Waals surface area contributed by atoms with Gasteiger partial charge in [0.25, 0.3) is 0 Å². The molecule has 0 aromatic carbocycles. The van der Waals surface area contributed by atoms with Crippen molar-refractivity contribution in [3.8, 4) is 0 Å². The highest BCUT2D eigenvalue weighted by atomic mass is 32.2. The second-order valence-corrected chi connectivity index (χ2v) is 28.9. The highest BCUT2D eigenvalue weighted by Crippen LogP contribution is 2.42. The molecule has 6 saturated heterocycles. The number of likely N-dealkylation sites (tertiary alicyclic amines) is 1. The van der Waals surface area contributed by atoms with Gasteiger partial charge in [0.2, 0.25) is 45.5 Å². The lowest BCUT2D eigenvalue weighted by Gasteiger charge is -2.45. The molecule has 76 heavy (non-hydrogen) atoms. The summed E-state index contributed by atoms with van der Waals surface area (Å²) in [7, 11) is -3.35. The lowest BCUT2D eigenvalue weighted by atomic mass is 9.70. The number of carbonyl (C=O) groups excluding carboxylic acids is 6. The van der Waals surface area contributed by atoms with Crippen LogP contribution in [0.25, 0.3) is 0 Å². The number of amides is 6. The van der Waals surface area contributed by atoms with Gasteiger partial charge in [-0.15, -0.1) is 23.5 Å². The predicted octanol–water partition coefficient (Wildman–Crippen LogP) is 1.40. The maximum absolute atomic E-state index is 14.2. The summed E-state index contributed by atoms with van der Waals surface area (Å²) in [5.74, 6) is 2.85. The number of nitrogens with zero attached hydrogens (tertiary/aromatic N) is 4. The number of β-amino-alcohol motifs (C(OH)–C–C–N with tert-alkyl or cyclic N) is 1. The van der Waals surface area contributed by atoms with Crippen LogP contribution in [0.5, 0.6) is 0 Å². The summed E-state index contributed by atoms with van der Waals surface area (Å²) in [6, 6.07) is -0.886. The Morgan fingerprint density at radius 3 is 2.21 bits per heavy atom. The van der Waals surface area contributed by atoms with Gasteiger partial charge in [-0.2, -0.15) is 0 Å². The molecule has 2 aliphatic carbocycles. The number of sulfonamides is 1. The Hall–Kier alpha value is -2.77. The van der Waals surface area contributed by atoms with Gasteiger partial charge in [-0.3, -0.25) is 39.0 Å². The molecule has 6 heterocycles. The third-order valence-corrected chi connectivity index (χ3v) is 22.1. The standard InChI is InChI=1S/C53H91N11O9S3/c1-33-47(75-32-57-33)35-14-12-34(13-15-35)27-55-50(70)42-26-40(65)30-64(42)51(71)48(53(2,3)4)59-44(66)10-7-11-46(68)62-22-20-61(21-23-62)43-25-37(16-18-54-43)36-8-6-9-38(24-36)41-31-74-52(58-41)60-45(67)28-56-49(69)39-17-19-63(29-39)76(5,72)73/h33-43,47-48,52,54,57-58,65H,6-32H2,1-5H3,(H,55,70)(H,56,69)(H,59,66)(H,60,67)/t33?,34?,35?,36?,37?,38?,39?,40-,41?,42+,43?,47?,48-,52?/m1/s1. The van der Waals surface area contributed by atoms with E-state index < -0.39 is 39.5 Å². The van der Waals surface area contributed by atoms with Crippen LogP contribution in [-0.2, 0) is 38.8 Å². The van der Waals surface area contributed by atoms with Crippen molar-refractivity contribution >= 4 is 69.0 Å². The Morgan fingerprint density at radius 1 is 0.776 bits per heavy atom. The van der Waals surface area contributed by atoms with E-state index in [1.807, 2.05) is 37.4 Å². The molecule has 0 spiro atoms. The lowest BCUT2D eigenvalue weighted by molar-refractivity contribution is -0.144. The maximum Gasteiger partial charge on any atom is 0.246 e. The number of nitrogens with one attached hydrogen (secondary N) is 7. The Balaban J connectivity index is 0.711. The van der Waals surface area contributed by atoms with Crippen LogP contribution >= 0.6 is 23.5 Å². The van der Waals surface area contributed by atoms with Crippen molar-refractivity contribution in [2.24, 2.45) is 40.9 Å². The Bertz CT molecular complexity index is 2140. The molecule has 0 bridgehead atoms. The van der Waals surface area contributed by atoms with Crippen LogP contribution in [-0.4, -0.2) is 198 Å². The third-order valence-electron chi connectivity index (χ3n) is 18.2. The number of aliphatic hydroxyl groups excluding tert-OH is 1. The summed E-state index contributed by atoms with van der Waals surface area (Å²) in [6.45, 7) is 12.6. The molecule has 20 nitrogen and oxygen atoms in total. The molecular weight excluding hydrogens is 1030 g/mol. The minimum atomic E-state index is -3.35. The first-order chi connectivity index (χ1) is 36.2. The molecule has 6 aliphatic heterocycles. The van der Waals surface area contributed by atoms with Gasteiger partial charge in [0, 0.05) is 101 Å². The van der Waals surface area contributed by atoms with Gasteiger partial charge < -0.3 is 46.8 Å². The van der Waals surface area contributed by atoms with Crippen molar-refractivity contribution in [3.05, 3.63) is 0 Å². The van der Waals surface area contributed by atoms with E-state index >= 15 is 0 Å². The maximum atomic E-state index is 14.2. The zero-order chi connectivity index (χ0) is 54.3. The molecule has 8 aliphatic rings. The van der Waals surface area contributed by atoms with Gasteiger partial charge in [-0.1, -0.05) is 33.6 Å². The van der Waals surface area contributed by atoms with E-state index in [9.17, 15) is 42.3 Å². The molecule has 8 N–H and O–H groups in total. The molecule has 0 aromatic rings. The summed E-state index contributed by atoms with van der Waals surface area (Å²) >= 11 is 3.71. The summed E-state index contributed by atoms with van der Waals surface area (Å²) in [5.41, 5.74) is -0.888. The van der Waals surface area contributed by atoms with Gasteiger partial charge in [0.05, 0.1) is 31.0 Å². The highest BCUT2D eigenvalue weighted by molar-refractivity contribution is 8.00. The molecule has 6 amide bonds. The molecular formula is C53H91N11O9S3. The van der Waals surface area contributed by atoms with Crippen LogP contribution in [0.2, 0.25) is 0 Å². The number of aliphatic hydroxyl groups is 1. The monoisotopic (exact) mass is 1120 g/mol. The summed E-state index contributed by atoms with van der Waals surface area (Å²) in [4.78, 5) is 86.1. The smallest absolute Gasteiger partial charge is 0.246 e. The number of hydrogen-bond acceptors (Lipinski definition) is 15. The largest absolute Gasteiger partial charge is 0.391 e. The number of thioether (sulfide) groups is 2. The minimum absolute atomic E-state index is 0.0302. The first-order valence-corrected chi connectivity index (χ1v) is 32.7. The number of hydrogen-bond donors (Lipinski definition) is 8. The molecule has 0 aromatic heterocycles. The van der Waals surface area contributed by atoms with Gasteiger partial charge in [0.1, 0.15) is 17.6 Å². The topological polar surface area (TPSA) is 254 Å². The Morgan fingerprint density at radius 2 is 1.51 bits per heavy atom. The average molecular weight is 1120 g/mol. The van der Waals surface area contributed by atoms with E-state index in [0.717, 1.165) is 88.9 Å². The normalized spacial score (nSPS) is 34.4. The number of carbonyl (C=O) groups is 6. The molecule has 23 heteroatoms. The molecule has 8 rings (SSSR count). The van der Waals surface area contributed by atoms with Crippen LogP contribution in [0.15, 0.2) is 0 Å². The van der Waals surface area contributed by atoms with E-state index in [-0.39, 0.29) is 86.0 Å². The van der Waals surface area contributed by atoms with Gasteiger partial charge in [-0.25, -0.2) is 12.7 Å². The summed E-state index contributed by atoms with van der Waals surface area (Å²) in [6.07, 6.45) is 13.3. The lowest BCUT2D eigenvalue weighted by Crippen LogP contribution is -2.58. The fourth-order valence-electron chi connectivity index (χ4n) is 13.6.